The third kappa shape index (κ3) is 11.4. The van der Waals surface area contributed by atoms with E-state index in [1.165, 1.54) is 36.4 Å². The highest BCUT2D eigenvalue weighted by Gasteiger charge is 1.99. The molecule has 0 aromatic heterocycles. The quantitative estimate of drug-likeness (QED) is 0.191. The summed E-state index contributed by atoms with van der Waals surface area (Å²) < 4.78 is 0. The van der Waals surface area contributed by atoms with Crippen molar-refractivity contribution >= 4 is 12.2 Å². The normalized spacial score (nSPS) is 14.3. The average Bonchev–Trinajstić information content (AvgIpc) is 2.87. The standard InChI is InChI=1S/C34H36O4/c1-25(11-7-13-27(3)15-17-29-23-31(35)19-21-33(29)37)9-5-6-10-26(2)12-8-14-28(4)16-18-30-24-32(36)20-22-34(30)38/h5-24,35-38H,1-4H3/b6-5+,11-7+,12-8+,17-15+,18-16+,25-9+,26-10+,27-13+,28-14+. The van der Waals surface area contributed by atoms with Gasteiger partial charge in [0, 0.05) is 11.1 Å². The average molecular weight is 509 g/mol. The second-order valence-electron chi connectivity index (χ2n) is 8.90. The molecular weight excluding hydrogens is 472 g/mol. The van der Waals surface area contributed by atoms with Crippen LogP contribution in [0.15, 0.2) is 132 Å². The van der Waals surface area contributed by atoms with Crippen molar-refractivity contribution in [2.45, 2.75) is 27.7 Å². The number of rotatable bonds is 10. The van der Waals surface area contributed by atoms with E-state index < -0.39 is 0 Å². The first-order valence-electron chi connectivity index (χ1n) is 12.3. The number of phenolic OH excluding ortho intramolecular Hbond substituents is 4. The zero-order chi connectivity index (χ0) is 27.9. The summed E-state index contributed by atoms with van der Waals surface area (Å²) in [6.07, 6.45) is 27.2. The molecule has 4 heteroatoms. The number of aromatic hydroxyl groups is 4. The maximum atomic E-state index is 9.83. The molecule has 0 aliphatic rings. The van der Waals surface area contributed by atoms with Crippen LogP contribution in [0.1, 0.15) is 38.8 Å². The van der Waals surface area contributed by atoms with Crippen LogP contribution in [0.3, 0.4) is 0 Å². The molecule has 0 spiro atoms. The molecule has 4 N–H and O–H groups in total. The van der Waals surface area contributed by atoms with Crippen molar-refractivity contribution in [1.29, 1.82) is 0 Å². The summed E-state index contributed by atoms with van der Waals surface area (Å²) in [4.78, 5) is 0. The SMILES string of the molecule is CC(/C=C/C=C(C)/C=C/c1cc(O)ccc1O)=C\C=C\C=C(C)\C=C\C=C(C)\C=C\c1cc(O)ccc1O. The lowest BCUT2D eigenvalue weighted by Crippen LogP contribution is -1.75. The van der Waals surface area contributed by atoms with Crippen LogP contribution in [0, 0.1) is 0 Å². The number of allylic oxidation sites excluding steroid dienone is 16. The number of hydrogen-bond donors (Lipinski definition) is 4. The van der Waals surface area contributed by atoms with E-state index in [1.807, 2.05) is 101 Å². The first kappa shape index (κ1) is 29.5. The Morgan fingerprint density at radius 3 is 1.21 bits per heavy atom. The third-order valence-corrected chi connectivity index (χ3v) is 5.34. The molecule has 2 aromatic rings. The second-order valence-corrected chi connectivity index (χ2v) is 8.90. The summed E-state index contributed by atoms with van der Waals surface area (Å²) in [7, 11) is 0. The van der Waals surface area contributed by atoms with Crippen LogP contribution >= 0.6 is 0 Å². The Labute approximate surface area is 225 Å². The Morgan fingerprint density at radius 2 is 0.816 bits per heavy atom. The lowest BCUT2D eigenvalue weighted by atomic mass is 10.1. The minimum Gasteiger partial charge on any atom is -0.508 e. The molecule has 0 heterocycles. The highest BCUT2D eigenvalue weighted by Crippen LogP contribution is 2.24. The predicted molar refractivity (Wildman–Crippen MR) is 160 cm³/mol. The van der Waals surface area contributed by atoms with Crippen LogP contribution < -0.4 is 0 Å². The van der Waals surface area contributed by atoms with E-state index in [2.05, 4.69) is 0 Å². The molecule has 0 aliphatic carbocycles. The second kappa shape index (κ2) is 15.4. The Kier molecular flexibility index (Phi) is 12.0. The van der Waals surface area contributed by atoms with E-state index in [4.69, 9.17) is 0 Å². The summed E-state index contributed by atoms with van der Waals surface area (Å²) in [6.45, 7) is 7.98. The zero-order valence-electron chi connectivity index (χ0n) is 22.3. The summed E-state index contributed by atoms with van der Waals surface area (Å²) in [5, 5.41) is 38.7. The molecule has 0 atom stereocenters. The van der Waals surface area contributed by atoms with Crippen LogP contribution in [0.5, 0.6) is 23.0 Å². The molecule has 0 amide bonds. The van der Waals surface area contributed by atoms with Gasteiger partial charge < -0.3 is 20.4 Å². The number of phenols is 4. The molecule has 0 saturated heterocycles. The van der Waals surface area contributed by atoms with Crippen molar-refractivity contribution in [2.24, 2.45) is 0 Å². The summed E-state index contributed by atoms with van der Waals surface area (Å²) in [5.74, 6) is 0.478. The fraction of sp³-hybridized carbons (Fsp3) is 0.118. The molecule has 4 nitrogen and oxygen atoms in total. The monoisotopic (exact) mass is 508 g/mol. The van der Waals surface area contributed by atoms with Gasteiger partial charge in [0.2, 0.25) is 0 Å². The van der Waals surface area contributed by atoms with Crippen molar-refractivity contribution in [2.75, 3.05) is 0 Å². The molecule has 196 valence electrons. The van der Waals surface area contributed by atoms with E-state index >= 15 is 0 Å². The van der Waals surface area contributed by atoms with Crippen molar-refractivity contribution < 1.29 is 20.4 Å². The molecule has 38 heavy (non-hydrogen) atoms. The number of benzene rings is 2. The van der Waals surface area contributed by atoms with E-state index in [0.29, 0.717) is 11.1 Å². The molecule has 0 fully saturated rings. The smallest absolute Gasteiger partial charge is 0.123 e. The molecule has 0 saturated carbocycles. The minimum absolute atomic E-state index is 0.114. The Bertz CT molecular complexity index is 1270. The van der Waals surface area contributed by atoms with E-state index in [0.717, 1.165) is 22.3 Å². The largest absolute Gasteiger partial charge is 0.508 e. The van der Waals surface area contributed by atoms with Crippen LogP contribution in [0.2, 0.25) is 0 Å². The summed E-state index contributed by atoms with van der Waals surface area (Å²) in [6, 6.07) is 8.86. The van der Waals surface area contributed by atoms with Crippen molar-refractivity contribution in [1.82, 2.24) is 0 Å². The molecule has 2 rings (SSSR count). The Hall–Kier alpha value is -4.70. The van der Waals surface area contributed by atoms with Crippen molar-refractivity contribution in [3.8, 4) is 23.0 Å². The number of hydrogen-bond acceptors (Lipinski definition) is 4. The first-order chi connectivity index (χ1) is 18.1. The van der Waals surface area contributed by atoms with Gasteiger partial charge in [0.15, 0.2) is 0 Å². The van der Waals surface area contributed by atoms with Gasteiger partial charge in [-0.15, -0.1) is 0 Å². The fourth-order valence-corrected chi connectivity index (χ4v) is 3.13. The Morgan fingerprint density at radius 1 is 0.474 bits per heavy atom. The summed E-state index contributed by atoms with van der Waals surface area (Å²) >= 11 is 0. The van der Waals surface area contributed by atoms with Crippen LogP contribution in [-0.4, -0.2) is 20.4 Å². The molecule has 0 bridgehead atoms. The van der Waals surface area contributed by atoms with E-state index in [1.54, 1.807) is 12.2 Å². The molecule has 0 aliphatic heterocycles. The van der Waals surface area contributed by atoms with E-state index in [9.17, 15) is 20.4 Å². The van der Waals surface area contributed by atoms with Gasteiger partial charge in [-0.2, -0.15) is 0 Å². The lowest BCUT2D eigenvalue weighted by Gasteiger charge is -1.99. The topological polar surface area (TPSA) is 80.9 Å². The summed E-state index contributed by atoms with van der Waals surface area (Å²) in [5.41, 5.74) is 5.35. The highest BCUT2D eigenvalue weighted by atomic mass is 16.3. The van der Waals surface area contributed by atoms with Gasteiger partial charge in [0.05, 0.1) is 0 Å². The van der Waals surface area contributed by atoms with Gasteiger partial charge in [-0.3, -0.25) is 0 Å². The molecule has 2 aromatic carbocycles. The van der Waals surface area contributed by atoms with Crippen LogP contribution in [0.4, 0.5) is 0 Å². The van der Waals surface area contributed by atoms with Gasteiger partial charge in [-0.1, -0.05) is 107 Å². The predicted octanol–water partition coefficient (Wildman–Crippen LogP) is 8.69. The van der Waals surface area contributed by atoms with Gasteiger partial charge in [-0.25, -0.2) is 0 Å². The molecule has 0 unspecified atom stereocenters. The first-order valence-corrected chi connectivity index (χ1v) is 12.3. The third-order valence-electron chi connectivity index (χ3n) is 5.34. The molecule has 0 radical (unpaired) electrons. The van der Waals surface area contributed by atoms with E-state index in [-0.39, 0.29) is 23.0 Å². The fourth-order valence-electron chi connectivity index (χ4n) is 3.13. The maximum Gasteiger partial charge on any atom is 0.123 e. The van der Waals surface area contributed by atoms with Crippen molar-refractivity contribution in [3.05, 3.63) is 143 Å². The van der Waals surface area contributed by atoms with Gasteiger partial charge in [0.25, 0.3) is 0 Å². The minimum atomic E-state index is 0.114. The van der Waals surface area contributed by atoms with Crippen LogP contribution in [-0.2, 0) is 0 Å². The van der Waals surface area contributed by atoms with Gasteiger partial charge in [0.1, 0.15) is 23.0 Å². The zero-order valence-corrected chi connectivity index (χ0v) is 22.3. The van der Waals surface area contributed by atoms with Gasteiger partial charge >= 0.3 is 0 Å². The maximum absolute atomic E-state index is 9.83. The highest BCUT2D eigenvalue weighted by molar-refractivity contribution is 5.62. The van der Waals surface area contributed by atoms with Crippen LogP contribution in [0.25, 0.3) is 12.2 Å². The molecular formula is C34H36O4. The van der Waals surface area contributed by atoms with Gasteiger partial charge in [-0.05, 0) is 64.1 Å². The lowest BCUT2D eigenvalue weighted by molar-refractivity contribution is 0.459. The van der Waals surface area contributed by atoms with Crippen molar-refractivity contribution in [3.63, 3.8) is 0 Å². The Balaban J connectivity index is 1.87.